The SMILES string of the molecule is CCNc1cc(C(c2nncn2C)C2COC2)cc(N2Cc3c(cc([C@H](C)NCC4CCC4)cc3C(F)(F)F)C2=O)n1. The standard InChI is InChI=1S/C30H36F3N7O2/c1-4-34-25-10-20(27(21-14-42-15-21)28-38-36-16-39(28)3)11-26(37-25)40-13-23-22(29(40)41)8-19(9-24(23)30(31,32)33)17(2)35-12-18-6-5-7-18/h8-11,16-18,21,27,35H,4-7,12-15H2,1-3H3,(H,34,37)/t17-,27?/m0/s1. The van der Waals surface area contributed by atoms with Gasteiger partial charge in [-0.25, -0.2) is 4.98 Å². The molecule has 1 saturated carbocycles. The molecule has 3 aliphatic rings. The Kier molecular flexibility index (Phi) is 7.69. The fraction of sp³-hybridized carbons (Fsp3) is 0.533. The number of ether oxygens (including phenoxy) is 1. The third kappa shape index (κ3) is 5.37. The number of hydrogen-bond donors (Lipinski definition) is 2. The van der Waals surface area contributed by atoms with E-state index in [1.165, 1.54) is 17.4 Å². The van der Waals surface area contributed by atoms with E-state index in [2.05, 4.69) is 25.8 Å². The Balaban J connectivity index is 1.37. The quantitative estimate of drug-likeness (QED) is 0.345. The van der Waals surface area contributed by atoms with Gasteiger partial charge in [-0.1, -0.05) is 6.42 Å². The van der Waals surface area contributed by atoms with E-state index >= 15 is 0 Å². The number of aryl methyl sites for hydroxylation is 1. The van der Waals surface area contributed by atoms with E-state index < -0.39 is 17.6 Å². The van der Waals surface area contributed by atoms with Crippen LogP contribution in [0.25, 0.3) is 0 Å². The van der Waals surface area contributed by atoms with E-state index in [1.54, 1.807) is 18.5 Å². The predicted molar refractivity (Wildman–Crippen MR) is 151 cm³/mol. The van der Waals surface area contributed by atoms with Gasteiger partial charge in [-0.05, 0) is 80.1 Å². The molecule has 1 saturated heterocycles. The fourth-order valence-electron chi connectivity index (χ4n) is 6.06. The molecule has 12 heteroatoms. The molecule has 6 rings (SSSR count). The number of nitrogens with one attached hydrogen (secondary N) is 2. The Morgan fingerprint density at radius 2 is 1.93 bits per heavy atom. The number of hydrogen-bond acceptors (Lipinski definition) is 7. The minimum absolute atomic E-state index is 0.0168. The maximum atomic E-state index is 14.4. The summed E-state index contributed by atoms with van der Waals surface area (Å²) in [5, 5.41) is 15.0. The average Bonchev–Trinajstić information content (AvgIpc) is 3.46. The van der Waals surface area contributed by atoms with Gasteiger partial charge in [-0.3, -0.25) is 9.69 Å². The Morgan fingerprint density at radius 1 is 1.14 bits per heavy atom. The summed E-state index contributed by atoms with van der Waals surface area (Å²) in [4.78, 5) is 19.9. The van der Waals surface area contributed by atoms with Gasteiger partial charge in [0.25, 0.3) is 5.91 Å². The van der Waals surface area contributed by atoms with Crippen LogP contribution in [0.5, 0.6) is 0 Å². The summed E-state index contributed by atoms with van der Waals surface area (Å²) in [7, 11) is 1.87. The van der Waals surface area contributed by atoms with Crippen LogP contribution in [-0.4, -0.2) is 52.0 Å². The van der Waals surface area contributed by atoms with Crippen LogP contribution in [0, 0.1) is 11.8 Å². The molecule has 1 amide bonds. The van der Waals surface area contributed by atoms with Crippen molar-refractivity contribution in [2.45, 2.75) is 57.8 Å². The smallest absolute Gasteiger partial charge is 0.381 e. The molecule has 2 fully saturated rings. The van der Waals surface area contributed by atoms with Crippen molar-refractivity contribution in [1.29, 1.82) is 0 Å². The number of pyridine rings is 1. The van der Waals surface area contributed by atoms with Gasteiger partial charge in [0.05, 0.1) is 31.2 Å². The lowest BCUT2D eigenvalue weighted by molar-refractivity contribution is -0.138. The molecule has 0 spiro atoms. The molecule has 224 valence electrons. The van der Waals surface area contributed by atoms with Crippen LogP contribution in [0.1, 0.15) is 83.5 Å². The van der Waals surface area contributed by atoms with Crippen LogP contribution in [0.4, 0.5) is 24.8 Å². The summed E-state index contributed by atoms with van der Waals surface area (Å²) in [6.45, 7) is 6.00. The maximum absolute atomic E-state index is 14.4. The largest absolute Gasteiger partial charge is 0.416 e. The highest BCUT2D eigenvalue weighted by Gasteiger charge is 2.42. The zero-order valence-corrected chi connectivity index (χ0v) is 24.0. The van der Waals surface area contributed by atoms with Crippen LogP contribution in [0.3, 0.4) is 0 Å². The van der Waals surface area contributed by atoms with Crippen molar-refractivity contribution >= 4 is 17.5 Å². The van der Waals surface area contributed by atoms with Crippen LogP contribution in [0.15, 0.2) is 30.6 Å². The summed E-state index contributed by atoms with van der Waals surface area (Å²) in [6, 6.07) is 6.20. The zero-order chi connectivity index (χ0) is 29.6. The number of aromatic nitrogens is 4. The van der Waals surface area contributed by atoms with E-state index in [0.717, 1.165) is 30.8 Å². The van der Waals surface area contributed by atoms with E-state index in [1.807, 2.05) is 31.5 Å². The number of halogens is 3. The van der Waals surface area contributed by atoms with Crippen molar-refractivity contribution < 1.29 is 22.7 Å². The second-order valence-corrected chi connectivity index (χ2v) is 11.7. The van der Waals surface area contributed by atoms with Gasteiger partial charge in [0.1, 0.15) is 23.8 Å². The molecule has 0 bridgehead atoms. The summed E-state index contributed by atoms with van der Waals surface area (Å²) >= 11 is 0. The van der Waals surface area contributed by atoms with Crippen LogP contribution < -0.4 is 15.5 Å². The van der Waals surface area contributed by atoms with Crippen LogP contribution in [0.2, 0.25) is 0 Å². The highest BCUT2D eigenvalue weighted by molar-refractivity contribution is 6.10. The Bertz CT molecular complexity index is 1470. The normalized spacial score (nSPS) is 18.9. The molecule has 2 aromatic heterocycles. The monoisotopic (exact) mass is 583 g/mol. The molecule has 2 atom stereocenters. The first kappa shape index (κ1) is 28.6. The van der Waals surface area contributed by atoms with Crippen molar-refractivity contribution in [3.05, 3.63) is 64.2 Å². The minimum Gasteiger partial charge on any atom is -0.381 e. The molecular formula is C30H36F3N7O2. The van der Waals surface area contributed by atoms with Crippen molar-refractivity contribution in [2.75, 3.05) is 36.5 Å². The maximum Gasteiger partial charge on any atom is 0.416 e. The number of amides is 1. The number of benzene rings is 1. The number of fused-ring (bicyclic) bond motifs is 1. The van der Waals surface area contributed by atoms with Gasteiger partial charge in [-0.15, -0.1) is 10.2 Å². The molecule has 4 heterocycles. The number of carbonyl (C=O) groups excluding carboxylic acids is 1. The number of rotatable bonds is 10. The molecule has 1 aromatic carbocycles. The van der Waals surface area contributed by atoms with Gasteiger partial charge < -0.3 is 19.9 Å². The molecule has 9 nitrogen and oxygen atoms in total. The van der Waals surface area contributed by atoms with Crippen LogP contribution in [-0.2, 0) is 24.5 Å². The first-order valence-electron chi connectivity index (χ1n) is 14.6. The highest BCUT2D eigenvalue weighted by atomic mass is 19.4. The second kappa shape index (κ2) is 11.3. The third-order valence-electron chi connectivity index (χ3n) is 8.79. The van der Waals surface area contributed by atoms with E-state index in [0.29, 0.717) is 42.9 Å². The molecule has 2 aliphatic heterocycles. The third-order valence-corrected chi connectivity index (χ3v) is 8.79. The molecule has 1 aliphatic carbocycles. The Morgan fingerprint density at radius 3 is 2.52 bits per heavy atom. The summed E-state index contributed by atoms with van der Waals surface area (Å²) in [5.74, 6) is 1.59. The topological polar surface area (TPSA) is 97.2 Å². The van der Waals surface area contributed by atoms with Crippen molar-refractivity contribution in [3.63, 3.8) is 0 Å². The first-order valence-corrected chi connectivity index (χ1v) is 14.6. The summed E-state index contributed by atoms with van der Waals surface area (Å²) in [5.41, 5.74) is 0.589. The summed E-state index contributed by atoms with van der Waals surface area (Å²) < 4.78 is 50.5. The van der Waals surface area contributed by atoms with E-state index in [4.69, 9.17) is 4.74 Å². The predicted octanol–water partition coefficient (Wildman–Crippen LogP) is 5.05. The molecule has 1 unspecified atom stereocenters. The fourth-order valence-corrected chi connectivity index (χ4v) is 6.06. The molecule has 0 radical (unpaired) electrons. The Labute approximate surface area is 242 Å². The molecule has 3 aromatic rings. The van der Waals surface area contributed by atoms with Gasteiger partial charge >= 0.3 is 6.18 Å². The lowest BCUT2D eigenvalue weighted by Crippen LogP contribution is -2.35. The summed E-state index contributed by atoms with van der Waals surface area (Å²) in [6.07, 6.45) is 0.498. The lowest BCUT2D eigenvalue weighted by Gasteiger charge is -2.34. The number of alkyl halides is 3. The zero-order valence-electron chi connectivity index (χ0n) is 24.0. The van der Waals surface area contributed by atoms with E-state index in [-0.39, 0.29) is 35.5 Å². The molecular weight excluding hydrogens is 547 g/mol. The second-order valence-electron chi connectivity index (χ2n) is 11.7. The molecule has 42 heavy (non-hydrogen) atoms. The highest BCUT2D eigenvalue weighted by Crippen LogP contribution is 2.42. The lowest BCUT2D eigenvalue weighted by atomic mass is 9.84. The van der Waals surface area contributed by atoms with Crippen molar-refractivity contribution in [3.8, 4) is 0 Å². The first-order chi connectivity index (χ1) is 20.1. The van der Waals surface area contributed by atoms with Gasteiger partial charge in [0.2, 0.25) is 0 Å². The van der Waals surface area contributed by atoms with Gasteiger partial charge in [0, 0.05) is 31.1 Å². The minimum atomic E-state index is -4.60. The van der Waals surface area contributed by atoms with Crippen molar-refractivity contribution in [2.24, 2.45) is 18.9 Å². The van der Waals surface area contributed by atoms with Gasteiger partial charge in [0.15, 0.2) is 0 Å². The molecule has 2 N–H and O–H groups in total. The number of carbonyl (C=O) groups is 1. The van der Waals surface area contributed by atoms with Gasteiger partial charge in [-0.2, -0.15) is 13.2 Å². The van der Waals surface area contributed by atoms with Crippen molar-refractivity contribution in [1.82, 2.24) is 25.1 Å². The number of anilines is 2. The van der Waals surface area contributed by atoms with Crippen LogP contribution >= 0.6 is 0 Å². The average molecular weight is 584 g/mol. The van der Waals surface area contributed by atoms with E-state index in [9.17, 15) is 18.0 Å². The number of nitrogens with zero attached hydrogens (tertiary/aromatic N) is 5. The Hall–Kier alpha value is -3.51.